The highest BCUT2D eigenvalue weighted by Gasteiger charge is 2.25. The number of nitrogens with one attached hydrogen (secondary N) is 2. The van der Waals surface area contributed by atoms with Crippen molar-refractivity contribution in [2.75, 3.05) is 12.4 Å². The topological polar surface area (TPSA) is 144 Å². The first kappa shape index (κ1) is 20.8. The van der Waals surface area contributed by atoms with Gasteiger partial charge in [-0.15, -0.1) is 0 Å². The molecule has 0 unspecified atom stereocenters. The largest absolute Gasteiger partial charge is 0.477 e. The summed E-state index contributed by atoms with van der Waals surface area (Å²) >= 11 is 0. The van der Waals surface area contributed by atoms with E-state index in [4.69, 9.17) is 9.15 Å². The molecular formula is C20H20N4O6. The van der Waals surface area contributed by atoms with Gasteiger partial charge in [0.05, 0.1) is 0 Å². The second-order valence-electron chi connectivity index (χ2n) is 7.32. The van der Waals surface area contributed by atoms with Crippen LogP contribution >= 0.6 is 0 Å². The summed E-state index contributed by atoms with van der Waals surface area (Å²) in [6.45, 7) is 5.04. The number of ether oxygens (including phenoxy) is 1. The molecule has 10 nitrogen and oxygen atoms in total. The van der Waals surface area contributed by atoms with Gasteiger partial charge in [-0.2, -0.15) is 0 Å². The maximum absolute atomic E-state index is 12.0. The summed E-state index contributed by atoms with van der Waals surface area (Å²) in [4.78, 5) is 43.6. The fourth-order valence-corrected chi connectivity index (χ4v) is 2.65. The fourth-order valence-electron chi connectivity index (χ4n) is 2.65. The van der Waals surface area contributed by atoms with Gasteiger partial charge < -0.3 is 19.6 Å². The number of anilines is 1. The summed E-state index contributed by atoms with van der Waals surface area (Å²) in [5.41, 5.74) is 0.679. The Morgan fingerprint density at radius 3 is 2.37 bits per heavy atom. The maximum atomic E-state index is 12.0. The molecule has 0 fully saturated rings. The third-order valence-electron chi connectivity index (χ3n) is 3.91. The lowest BCUT2D eigenvalue weighted by atomic mass is 10.1. The number of carboxylic acids is 1. The molecule has 2 amide bonds. The second-order valence-corrected chi connectivity index (χ2v) is 7.32. The Hall–Kier alpha value is -3.95. The van der Waals surface area contributed by atoms with E-state index in [1.807, 2.05) is 0 Å². The van der Waals surface area contributed by atoms with Crippen LogP contribution in [-0.4, -0.2) is 45.7 Å². The molecule has 3 aromatic heterocycles. The quantitative estimate of drug-likeness (QED) is 0.592. The highest BCUT2D eigenvalue weighted by atomic mass is 16.6. The average Bonchev–Trinajstić information content (AvgIpc) is 3.02. The minimum Gasteiger partial charge on any atom is -0.477 e. The van der Waals surface area contributed by atoms with Crippen molar-refractivity contribution in [3.8, 4) is 11.1 Å². The molecule has 30 heavy (non-hydrogen) atoms. The SMILES string of the molecule is CNC(=O)c1ccc(-c2cnc3c(C(=O)O)c(NC(=O)OC(C)(C)C)oc3c2)cn1. The molecular weight excluding hydrogens is 392 g/mol. The Balaban J connectivity index is 1.97. The molecule has 10 heteroatoms. The monoisotopic (exact) mass is 412 g/mol. The molecule has 0 aliphatic rings. The number of carbonyl (C=O) groups excluding carboxylic acids is 2. The first-order valence-corrected chi connectivity index (χ1v) is 8.93. The third-order valence-corrected chi connectivity index (χ3v) is 3.91. The predicted octanol–water partition coefficient (Wildman–Crippen LogP) is 3.29. The van der Waals surface area contributed by atoms with E-state index in [1.165, 1.54) is 19.4 Å². The lowest BCUT2D eigenvalue weighted by molar-refractivity contribution is 0.0632. The van der Waals surface area contributed by atoms with E-state index in [2.05, 4.69) is 20.6 Å². The molecule has 3 heterocycles. The van der Waals surface area contributed by atoms with E-state index in [0.29, 0.717) is 11.1 Å². The average molecular weight is 412 g/mol. The molecule has 0 spiro atoms. The zero-order chi connectivity index (χ0) is 22.1. The molecule has 0 aliphatic carbocycles. The van der Waals surface area contributed by atoms with Gasteiger partial charge in [0.15, 0.2) is 5.58 Å². The Kier molecular flexibility index (Phi) is 5.41. The van der Waals surface area contributed by atoms with Crippen LogP contribution in [0.1, 0.15) is 41.6 Å². The van der Waals surface area contributed by atoms with E-state index in [0.717, 1.165) is 0 Å². The van der Waals surface area contributed by atoms with Crippen LogP contribution in [0.2, 0.25) is 0 Å². The maximum Gasteiger partial charge on any atom is 0.414 e. The van der Waals surface area contributed by atoms with Crippen LogP contribution in [0.25, 0.3) is 22.2 Å². The van der Waals surface area contributed by atoms with Crippen molar-refractivity contribution in [1.82, 2.24) is 15.3 Å². The van der Waals surface area contributed by atoms with Gasteiger partial charge in [0, 0.05) is 30.6 Å². The van der Waals surface area contributed by atoms with Crippen molar-refractivity contribution in [2.45, 2.75) is 26.4 Å². The van der Waals surface area contributed by atoms with Gasteiger partial charge in [0.25, 0.3) is 5.91 Å². The second kappa shape index (κ2) is 7.82. The summed E-state index contributed by atoms with van der Waals surface area (Å²) in [6, 6.07) is 4.81. The van der Waals surface area contributed by atoms with E-state index in [9.17, 15) is 19.5 Å². The van der Waals surface area contributed by atoms with Gasteiger partial charge >= 0.3 is 12.1 Å². The zero-order valence-corrected chi connectivity index (χ0v) is 16.8. The predicted molar refractivity (Wildman–Crippen MR) is 107 cm³/mol. The van der Waals surface area contributed by atoms with E-state index in [1.54, 1.807) is 39.0 Å². The van der Waals surface area contributed by atoms with Gasteiger partial charge in [-0.1, -0.05) is 6.07 Å². The molecule has 0 radical (unpaired) electrons. The molecule has 0 saturated carbocycles. The van der Waals surface area contributed by atoms with Gasteiger partial charge in [0.2, 0.25) is 5.88 Å². The number of furan rings is 1. The van der Waals surface area contributed by atoms with Crippen LogP contribution in [0.15, 0.2) is 35.0 Å². The van der Waals surface area contributed by atoms with Crippen molar-refractivity contribution < 1.29 is 28.6 Å². The number of aromatic nitrogens is 2. The first-order valence-electron chi connectivity index (χ1n) is 8.93. The van der Waals surface area contributed by atoms with E-state index < -0.39 is 17.7 Å². The molecule has 3 N–H and O–H groups in total. The number of fused-ring (bicyclic) bond motifs is 1. The number of carbonyl (C=O) groups is 3. The molecule has 0 saturated heterocycles. The standard InChI is InChI=1S/C20H20N4O6/c1-20(2,3)30-19(28)24-17-14(18(26)27)15-13(29-17)7-11(9-23-15)10-5-6-12(22-8-10)16(25)21-4/h5-9H,1-4H3,(H,21,25)(H,24,28)(H,26,27). The Morgan fingerprint density at radius 1 is 1.10 bits per heavy atom. The molecule has 0 aliphatic heterocycles. The van der Waals surface area contributed by atoms with Crippen molar-refractivity contribution in [3.63, 3.8) is 0 Å². The third kappa shape index (κ3) is 4.37. The normalized spacial score (nSPS) is 11.2. The lowest BCUT2D eigenvalue weighted by Crippen LogP contribution is -2.27. The number of hydrogen-bond donors (Lipinski definition) is 3. The van der Waals surface area contributed by atoms with Crippen LogP contribution in [0.3, 0.4) is 0 Å². The Bertz CT molecular complexity index is 1130. The minimum absolute atomic E-state index is 0.0762. The molecule has 0 atom stereocenters. The van der Waals surface area contributed by atoms with Crippen LogP contribution in [-0.2, 0) is 4.74 Å². The smallest absolute Gasteiger partial charge is 0.414 e. The number of amides is 2. The highest BCUT2D eigenvalue weighted by Crippen LogP contribution is 2.32. The van der Waals surface area contributed by atoms with Crippen molar-refractivity contribution in [3.05, 3.63) is 41.9 Å². The number of rotatable bonds is 4. The molecule has 156 valence electrons. The van der Waals surface area contributed by atoms with Crippen molar-refractivity contribution in [2.24, 2.45) is 0 Å². The van der Waals surface area contributed by atoms with Gasteiger partial charge in [0.1, 0.15) is 22.4 Å². The molecule has 3 aromatic rings. The van der Waals surface area contributed by atoms with Gasteiger partial charge in [-0.3, -0.25) is 20.1 Å². The summed E-state index contributed by atoms with van der Waals surface area (Å²) < 4.78 is 10.7. The number of pyridine rings is 2. The highest BCUT2D eigenvalue weighted by molar-refractivity contribution is 6.08. The summed E-state index contributed by atoms with van der Waals surface area (Å²) in [7, 11) is 1.51. The number of carboxylic acid groups (broad SMARTS) is 1. The Labute approximate surface area is 171 Å². The van der Waals surface area contributed by atoms with Crippen LogP contribution < -0.4 is 10.6 Å². The van der Waals surface area contributed by atoms with Crippen LogP contribution in [0.5, 0.6) is 0 Å². The number of aromatic carboxylic acids is 1. The van der Waals surface area contributed by atoms with Crippen LogP contribution in [0.4, 0.5) is 10.7 Å². The van der Waals surface area contributed by atoms with Crippen LogP contribution in [0, 0.1) is 0 Å². The summed E-state index contributed by atoms with van der Waals surface area (Å²) in [6.07, 6.45) is 2.10. The Morgan fingerprint density at radius 2 is 1.80 bits per heavy atom. The summed E-state index contributed by atoms with van der Waals surface area (Å²) in [5, 5.41) is 14.4. The zero-order valence-electron chi connectivity index (χ0n) is 16.8. The van der Waals surface area contributed by atoms with Gasteiger partial charge in [-0.05, 0) is 32.9 Å². The van der Waals surface area contributed by atoms with E-state index >= 15 is 0 Å². The first-order chi connectivity index (χ1) is 14.1. The van der Waals surface area contributed by atoms with Crippen molar-refractivity contribution in [1.29, 1.82) is 0 Å². The molecule has 0 bridgehead atoms. The minimum atomic E-state index is -1.31. The number of hydrogen-bond acceptors (Lipinski definition) is 7. The van der Waals surface area contributed by atoms with Crippen molar-refractivity contribution >= 4 is 35.0 Å². The van der Waals surface area contributed by atoms with E-state index in [-0.39, 0.29) is 34.1 Å². The summed E-state index contributed by atoms with van der Waals surface area (Å²) in [5.74, 6) is -1.90. The number of nitrogens with zero attached hydrogens (tertiary/aromatic N) is 2. The lowest BCUT2D eigenvalue weighted by Gasteiger charge is -2.19. The fraction of sp³-hybridized carbons (Fsp3) is 0.250. The molecule has 0 aromatic carbocycles. The van der Waals surface area contributed by atoms with Gasteiger partial charge in [-0.25, -0.2) is 9.59 Å². The molecule has 3 rings (SSSR count).